The molecule has 0 spiro atoms. The van der Waals surface area contributed by atoms with Crippen LogP contribution in [-0.4, -0.2) is 37.3 Å². The summed E-state index contributed by atoms with van der Waals surface area (Å²) in [6, 6.07) is 18.6. The van der Waals surface area contributed by atoms with E-state index >= 15 is 0 Å². The van der Waals surface area contributed by atoms with E-state index in [1.807, 2.05) is 6.07 Å². The molecule has 1 aliphatic heterocycles. The maximum atomic E-state index is 13.1. The number of halogens is 3. The van der Waals surface area contributed by atoms with Gasteiger partial charge in [0.2, 0.25) is 0 Å². The van der Waals surface area contributed by atoms with Crippen molar-refractivity contribution < 1.29 is 13.2 Å². The molecule has 0 radical (unpaired) electrons. The van der Waals surface area contributed by atoms with Gasteiger partial charge in [0.25, 0.3) is 0 Å². The number of benzene rings is 4. The molecule has 4 aromatic rings. The highest BCUT2D eigenvalue weighted by Crippen LogP contribution is 2.40. The number of nitrogens with one attached hydrogen (secondary N) is 1. The van der Waals surface area contributed by atoms with Crippen LogP contribution in [0.3, 0.4) is 0 Å². The van der Waals surface area contributed by atoms with Crippen molar-refractivity contribution in [3.63, 3.8) is 0 Å². The Morgan fingerprint density at radius 3 is 2.14 bits per heavy atom. The summed E-state index contributed by atoms with van der Waals surface area (Å²) in [6.45, 7) is 3.16. The molecule has 0 aromatic heterocycles. The molecule has 1 saturated heterocycles. The first-order valence-corrected chi connectivity index (χ1v) is 10.2. The normalized spacial score (nSPS) is 17.5. The number of hydrogen-bond donors (Lipinski definition) is 1. The van der Waals surface area contributed by atoms with E-state index in [2.05, 4.69) is 58.7 Å². The van der Waals surface area contributed by atoms with Crippen molar-refractivity contribution in [3.05, 3.63) is 60.2 Å². The van der Waals surface area contributed by atoms with Crippen LogP contribution in [0.15, 0.2) is 54.6 Å². The van der Waals surface area contributed by atoms with Crippen LogP contribution >= 0.6 is 0 Å². The van der Waals surface area contributed by atoms with Crippen molar-refractivity contribution in [2.24, 2.45) is 0 Å². The lowest BCUT2D eigenvalue weighted by atomic mass is 9.88. The molecule has 1 aliphatic rings. The highest BCUT2D eigenvalue weighted by molar-refractivity contribution is 6.23. The quantitative estimate of drug-likeness (QED) is 0.434. The van der Waals surface area contributed by atoms with Gasteiger partial charge in [-0.2, -0.15) is 13.2 Å². The predicted octanol–water partition coefficient (Wildman–Crippen LogP) is 5.87. The zero-order valence-corrected chi connectivity index (χ0v) is 16.1. The summed E-state index contributed by atoms with van der Waals surface area (Å²) in [6.07, 6.45) is -4.81. The zero-order chi connectivity index (χ0) is 20.0. The van der Waals surface area contributed by atoms with Gasteiger partial charge in [-0.05, 0) is 44.3 Å². The van der Waals surface area contributed by atoms with Crippen molar-refractivity contribution in [2.75, 3.05) is 26.2 Å². The highest BCUT2D eigenvalue weighted by atomic mass is 19.4. The van der Waals surface area contributed by atoms with E-state index in [4.69, 9.17) is 0 Å². The lowest BCUT2D eigenvalue weighted by molar-refractivity contribution is -0.138. The second-order valence-corrected chi connectivity index (χ2v) is 7.97. The molecule has 0 amide bonds. The zero-order valence-electron chi connectivity index (χ0n) is 16.1. The van der Waals surface area contributed by atoms with Crippen LogP contribution in [0.5, 0.6) is 0 Å². The SMILES string of the molecule is FC(F)(F)CC[C@@H](c1ccc2ccc3cccc4ccc1c2c34)N1CCNCC1. The number of hydrogen-bond acceptors (Lipinski definition) is 2. The van der Waals surface area contributed by atoms with Crippen LogP contribution < -0.4 is 5.32 Å². The van der Waals surface area contributed by atoms with Gasteiger partial charge >= 0.3 is 6.18 Å². The molecule has 5 rings (SSSR count). The topological polar surface area (TPSA) is 15.3 Å². The molecule has 29 heavy (non-hydrogen) atoms. The van der Waals surface area contributed by atoms with E-state index in [0.717, 1.165) is 42.5 Å². The molecule has 0 saturated carbocycles. The van der Waals surface area contributed by atoms with Gasteiger partial charge in [0.1, 0.15) is 0 Å². The van der Waals surface area contributed by atoms with Crippen molar-refractivity contribution >= 4 is 32.3 Å². The smallest absolute Gasteiger partial charge is 0.314 e. The third-order valence-electron chi connectivity index (χ3n) is 6.21. The molecule has 150 valence electrons. The van der Waals surface area contributed by atoms with E-state index < -0.39 is 12.6 Å². The minimum Gasteiger partial charge on any atom is -0.314 e. The largest absolute Gasteiger partial charge is 0.389 e. The summed E-state index contributed by atoms with van der Waals surface area (Å²) in [5, 5.41) is 10.3. The van der Waals surface area contributed by atoms with Gasteiger partial charge in [0.15, 0.2) is 0 Å². The van der Waals surface area contributed by atoms with Crippen molar-refractivity contribution in [1.82, 2.24) is 10.2 Å². The second kappa shape index (κ2) is 7.15. The average Bonchev–Trinajstić information content (AvgIpc) is 2.73. The molecule has 1 atom stereocenters. The van der Waals surface area contributed by atoms with Gasteiger partial charge in [-0.3, -0.25) is 4.90 Å². The fourth-order valence-electron chi connectivity index (χ4n) is 4.88. The minimum atomic E-state index is -4.14. The fraction of sp³-hybridized carbons (Fsp3) is 0.333. The molecule has 1 heterocycles. The third kappa shape index (κ3) is 3.43. The van der Waals surface area contributed by atoms with Gasteiger partial charge in [0.05, 0.1) is 0 Å². The first kappa shape index (κ1) is 18.6. The molecule has 0 aliphatic carbocycles. The molecule has 5 heteroatoms. The van der Waals surface area contributed by atoms with Crippen LogP contribution in [-0.2, 0) is 0 Å². The number of rotatable bonds is 4. The summed E-state index contributed by atoms with van der Waals surface area (Å²) in [7, 11) is 0. The van der Waals surface area contributed by atoms with E-state index in [-0.39, 0.29) is 12.5 Å². The molecule has 0 unspecified atom stereocenters. The second-order valence-electron chi connectivity index (χ2n) is 7.97. The Bertz CT molecular complexity index is 1130. The standard InChI is InChI=1S/C24H23F3N2/c25-24(26,27)11-10-21(29-14-12-28-13-15-29)19-8-6-18-5-4-16-2-1-3-17-7-9-20(19)23(18)22(16)17/h1-9,21,28H,10-15H2/t21-/m0/s1. The molecular weight excluding hydrogens is 373 g/mol. The van der Waals surface area contributed by atoms with E-state index in [0.29, 0.717) is 0 Å². The Labute approximate surface area is 167 Å². The van der Waals surface area contributed by atoms with Crippen LogP contribution in [0.1, 0.15) is 24.4 Å². The maximum Gasteiger partial charge on any atom is 0.389 e. The van der Waals surface area contributed by atoms with Gasteiger partial charge in [-0.15, -0.1) is 0 Å². The number of alkyl halides is 3. The molecule has 2 nitrogen and oxygen atoms in total. The molecule has 0 bridgehead atoms. The lowest BCUT2D eigenvalue weighted by Gasteiger charge is -2.36. The lowest BCUT2D eigenvalue weighted by Crippen LogP contribution is -2.45. The third-order valence-corrected chi connectivity index (χ3v) is 6.21. The summed E-state index contributed by atoms with van der Waals surface area (Å²) in [4.78, 5) is 2.22. The molecule has 1 fully saturated rings. The number of piperazine rings is 1. The Morgan fingerprint density at radius 2 is 1.45 bits per heavy atom. The van der Waals surface area contributed by atoms with E-state index in [1.165, 1.54) is 21.5 Å². The average molecular weight is 396 g/mol. The van der Waals surface area contributed by atoms with Crippen LogP contribution in [0.4, 0.5) is 13.2 Å². The predicted molar refractivity (Wildman–Crippen MR) is 113 cm³/mol. The highest BCUT2D eigenvalue weighted by Gasteiger charge is 2.32. The first-order valence-electron chi connectivity index (χ1n) is 10.2. The fourth-order valence-corrected chi connectivity index (χ4v) is 4.88. The summed E-state index contributed by atoms with van der Waals surface area (Å²) >= 11 is 0. The van der Waals surface area contributed by atoms with Crippen LogP contribution in [0.2, 0.25) is 0 Å². The Balaban J connectivity index is 1.69. The van der Waals surface area contributed by atoms with Crippen molar-refractivity contribution in [3.8, 4) is 0 Å². The monoisotopic (exact) mass is 396 g/mol. The van der Waals surface area contributed by atoms with Crippen molar-refractivity contribution in [2.45, 2.75) is 25.1 Å². The summed E-state index contributed by atoms with van der Waals surface area (Å²) in [5.74, 6) is 0. The van der Waals surface area contributed by atoms with Crippen LogP contribution in [0, 0.1) is 0 Å². The number of nitrogens with zero attached hydrogens (tertiary/aromatic N) is 1. The molecular formula is C24H23F3N2. The first-order chi connectivity index (χ1) is 14.0. The minimum absolute atomic E-state index is 0.0907. The van der Waals surface area contributed by atoms with Gasteiger partial charge in [-0.25, -0.2) is 0 Å². The maximum absolute atomic E-state index is 13.1. The van der Waals surface area contributed by atoms with Gasteiger partial charge in [-0.1, -0.05) is 54.6 Å². The van der Waals surface area contributed by atoms with E-state index in [1.54, 1.807) is 0 Å². The van der Waals surface area contributed by atoms with Gasteiger partial charge < -0.3 is 5.32 Å². The van der Waals surface area contributed by atoms with E-state index in [9.17, 15) is 13.2 Å². The van der Waals surface area contributed by atoms with Gasteiger partial charge in [0, 0.05) is 38.6 Å². The summed E-state index contributed by atoms with van der Waals surface area (Å²) < 4.78 is 39.3. The Hall–Kier alpha value is -2.37. The Kier molecular flexibility index (Phi) is 4.60. The molecule has 1 N–H and O–H groups in total. The summed E-state index contributed by atoms with van der Waals surface area (Å²) in [5.41, 5.74) is 1.02. The molecule has 4 aromatic carbocycles. The van der Waals surface area contributed by atoms with Crippen molar-refractivity contribution in [1.29, 1.82) is 0 Å². The Morgan fingerprint density at radius 1 is 0.828 bits per heavy atom. The van der Waals surface area contributed by atoms with Crippen LogP contribution in [0.25, 0.3) is 32.3 Å².